The summed E-state index contributed by atoms with van der Waals surface area (Å²) in [5.74, 6) is 2.36. The van der Waals surface area contributed by atoms with Gasteiger partial charge in [0.05, 0.1) is 24.9 Å². The topological polar surface area (TPSA) is 60.4 Å². The lowest BCUT2D eigenvalue weighted by Gasteiger charge is -2.20. The van der Waals surface area contributed by atoms with Crippen molar-refractivity contribution in [2.45, 2.75) is 13.5 Å². The molecule has 0 N–H and O–H groups in total. The molecule has 2 aromatic heterocycles. The Hall–Kier alpha value is -3.67. The number of rotatable bonds is 3. The predicted molar refractivity (Wildman–Crippen MR) is 117 cm³/mol. The Bertz CT molecular complexity index is 1210. The summed E-state index contributed by atoms with van der Waals surface area (Å²) in [6.07, 6.45) is 1.91. The van der Waals surface area contributed by atoms with Crippen LogP contribution in [0.4, 0.5) is 5.82 Å². The number of para-hydroxylation sites is 1. The molecular formula is C24H22N4O2. The molecule has 30 heavy (non-hydrogen) atoms. The van der Waals surface area contributed by atoms with Crippen LogP contribution >= 0.6 is 0 Å². The van der Waals surface area contributed by atoms with Crippen molar-refractivity contribution < 1.29 is 9.47 Å². The molecule has 0 bridgehead atoms. The van der Waals surface area contributed by atoms with E-state index in [9.17, 15) is 0 Å². The largest absolute Gasteiger partial charge is 0.493 e. The van der Waals surface area contributed by atoms with E-state index in [4.69, 9.17) is 9.47 Å². The average Bonchev–Trinajstić information content (AvgIpc) is 3.01. The highest BCUT2D eigenvalue weighted by Crippen LogP contribution is 2.39. The SMILES string of the molecule is COc1cc(-c2cnc3ccccc3c2)cc2c1OCCN(c1ccc(C)nn1)C2. The van der Waals surface area contributed by atoms with Gasteiger partial charge in [-0.05, 0) is 48.9 Å². The zero-order valence-electron chi connectivity index (χ0n) is 17.0. The van der Waals surface area contributed by atoms with Gasteiger partial charge in [0.1, 0.15) is 6.61 Å². The summed E-state index contributed by atoms with van der Waals surface area (Å²) < 4.78 is 11.8. The van der Waals surface area contributed by atoms with Crippen LogP contribution in [-0.4, -0.2) is 35.4 Å². The molecule has 1 aliphatic heterocycles. The Morgan fingerprint density at radius 2 is 1.90 bits per heavy atom. The fourth-order valence-corrected chi connectivity index (χ4v) is 3.79. The Morgan fingerprint density at radius 3 is 2.73 bits per heavy atom. The van der Waals surface area contributed by atoms with E-state index in [1.165, 1.54) is 0 Å². The summed E-state index contributed by atoms with van der Waals surface area (Å²) in [4.78, 5) is 6.79. The molecule has 0 unspecified atom stereocenters. The van der Waals surface area contributed by atoms with Gasteiger partial charge in [0.15, 0.2) is 17.3 Å². The summed E-state index contributed by atoms with van der Waals surface area (Å²) in [6, 6.07) is 18.4. The fourth-order valence-electron chi connectivity index (χ4n) is 3.79. The molecule has 6 nitrogen and oxygen atoms in total. The van der Waals surface area contributed by atoms with Crippen molar-refractivity contribution >= 4 is 16.7 Å². The molecule has 6 heteroatoms. The molecule has 0 saturated heterocycles. The number of aryl methyl sites for hydroxylation is 1. The summed E-state index contributed by atoms with van der Waals surface area (Å²) in [5, 5.41) is 9.66. The second-order valence-electron chi connectivity index (χ2n) is 7.39. The molecule has 3 heterocycles. The Balaban J connectivity index is 1.57. The Morgan fingerprint density at radius 1 is 1.00 bits per heavy atom. The third-order valence-corrected chi connectivity index (χ3v) is 5.35. The maximum Gasteiger partial charge on any atom is 0.166 e. The minimum atomic E-state index is 0.551. The fraction of sp³-hybridized carbons (Fsp3) is 0.208. The zero-order chi connectivity index (χ0) is 20.5. The van der Waals surface area contributed by atoms with Crippen LogP contribution in [0.1, 0.15) is 11.3 Å². The highest BCUT2D eigenvalue weighted by Gasteiger charge is 2.21. The van der Waals surface area contributed by atoms with Crippen molar-refractivity contribution in [1.29, 1.82) is 0 Å². The number of benzene rings is 2. The molecule has 5 rings (SSSR count). The van der Waals surface area contributed by atoms with E-state index in [0.29, 0.717) is 13.2 Å². The van der Waals surface area contributed by atoms with Gasteiger partial charge in [0, 0.05) is 29.3 Å². The summed E-state index contributed by atoms with van der Waals surface area (Å²) >= 11 is 0. The van der Waals surface area contributed by atoms with Gasteiger partial charge in [-0.3, -0.25) is 4.98 Å². The summed E-state index contributed by atoms with van der Waals surface area (Å²) in [7, 11) is 1.68. The first-order valence-corrected chi connectivity index (χ1v) is 9.95. The number of methoxy groups -OCH3 is 1. The van der Waals surface area contributed by atoms with Crippen LogP contribution in [0.25, 0.3) is 22.0 Å². The van der Waals surface area contributed by atoms with Crippen LogP contribution in [0.5, 0.6) is 11.5 Å². The molecule has 150 valence electrons. The molecule has 0 spiro atoms. The van der Waals surface area contributed by atoms with Crippen molar-refractivity contribution in [3.8, 4) is 22.6 Å². The van der Waals surface area contributed by atoms with Crippen molar-refractivity contribution in [1.82, 2.24) is 15.2 Å². The second-order valence-corrected chi connectivity index (χ2v) is 7.39. The average molecular weight is 398 g/mol. The van der Waals surface area contributed by atoms with Gasteiger partial charge < -0.3 is 14.4 Å². The van der Waals surface area contributed by atoms with Gasteiger partial charge in [-0.25, -0.2) is 0 Å². The first-order valence-electron chi connectivity index (χ1n) is 9.95. The maximum absolute atomic E-state index is 6.08. The third kappa shape index (κ3) is 3.41. The Kier molecular flexibility index (Phi) is 4.67. The monoisotopic (exact) mass is 398 g/mol. The third-order valence-electron chi connectivity index (χ3n) is 5.35. The summed E-state index contributed by atoms with van der Waals surface area (Å²) in [5.41, 5.74) is 5.02. The number of hydrogen-bond acceptors (Lipinski definition) is 6. The number of ether oxygens (including phenoxy) is 2. The normalized spacial score (nSPS) is 13.5. The van der Waals surface area contributed by atoms with E-state index in [-0.39, 0.29) is 0 Å². The Labute approximate surface area is 175 Å². The van der Waals surface area contributed by atoms with Crippen LogP contribution in [0.15, 0.2) is 60.8 Å². The van der Waals surface area contributed by atoms with E-state index in [1.54, 1.807) is 7.11 Å². The van der Waals surface area contributed by atoms with Crippen LogP contribution < -0.4 is 14.4 Å². The zero-order valence-corrected chi connectivity index (χ0v) is 17.0. The molecule has 4 aromatic rings. The van der Waals surface area contributed by atoms with Crippen molar-refractivity contribution in [2.75, 3.05) is 25.2 Å². The lowest BCUT2D eigenvalue weighted by atomic mass is 10.0. The van der Waals surface area contributed by atoms with Gasteiger partial charge in [-0.1, -0.05) is 18.2 Å². The molecule has 0 radical (unpaired) electrons. The molecule has 2 aromatic carbocycles. The number of anilines is 1. The van der Waals surface area contributed by atoms with Crippen molar-refractivity contribution in [2.24, 2.45) is 0 Å². The predicted octanol–water partition coefficient (Wildman–Crippen LogP) is 4.41. The molecule has 0 aliphatic carbocycles. The van der Waals surface area contributed by atoms with E-state index >= 15 is 0 Å². The van der Waals surface area contributed by atoms with Crippen molar-refractivity contribution in [3.05, 3.63) is 72.1 Å². The molecular weight excluding hydrogens is 376 g/mol. The first-order chi connectivity index (χ1) is 14.7. The maximum atomic E-state index is 6.08. The van der Waals surface area contributed by atoms with Gasteiger partial charge >= 0.3 is 0 Å². The van der Waals surface area contributed by atoms with Crippen molar-refractivity contribution in [3.63, 3.8) is 0 Å². The van der Waals surface area contributed by atoms with Gasteiger partial charge in [0.25, 0.3) is 0 Å². The lowest BCUT2D eigenvalue weighted by molar-refractivity contribution is 0.305. The van der Waals surface area contributed by atoms with Gasteiger partial charge in [-0.2, -0.15) is 5.10 Å². The number of hydrogen-bond donors (Lipinski definition) is 0. The quantitative estimate of drug-likeness (QED) is 0.510. The van der Waals surface area contributed by atoms with E-state index < -0.39 is 0 Å². The summed E-state index contributed by atoms with van der Waals surface area (Å²) in [6.45, 7) is 3.88. The first kappa shape index (κ1) is 18.4. The number of pyridine rings is 1. The molecule has 1 aliphatic rings. The highest BCUT2D eigenvalue weighted by molar-refractivity contribution is 5.84. The smallest absolute Gasteiger partial charge is 0.166 e. The highest BCUT2D eigenvalue weighted by atomic mass is 16.5. The van der Waals surface area contributed by atoms with Crippen LogP contribution in [0.2, 0.25) is 0 Å². The van der Waals surface area contributed by atoms with Crippen LogP contribution in [0, 0.1) is 6.92 Å². The second kappa shape index (κ2) is 7.63. The molecule has 0 saturated carbocycles. The molecule has 0 amide bonds. The van der Waals surface area contributed by atoms with Crippen LogP contribution in [-0.2, 0) is 6.54 Å². The number of fused-ring (bicyclic) bond motifs is 2. The molecule has 0 atom stereocenters. The van der Waals surface area contributed by atoms with Crippen LogP contribution in [0.3, 0.4) is 0 Å². The van der Waals surface area contributed by atoms with Gasteiger partial charge in [0.2, 0.25) is 0 Å². The van der Waals surface area contributed by atoms with Gasteiger partial charge in [-0.15, -0.1) is 5.10 Å². The standard InChI is InChI=1S/C24H22N4O2/c1-16-7-8-23(27-26-16)28-9-10-30-24-20(15-28)12-18(13-22(24)29-2)19-11-17-5-3-4-6-21(17)25-14-19/h3-8,11-14H,9-10,15H2,1-2H3. The van der Waals surface area contributed by atoms with E-state index in [0.717, 1.165) is 57.1 Å². The number of aromatic nitrogens is 3. The minimum Gasteiger partial charge on any atom is -0.493 e. The van der Waals surface area contributed by atoms with E-state index in [2.05, 4.69) is 38.3 Å². The van der Waals surface area contributed by atoms with E-state index in [1.807, 2.05) is 49.5 Å². The number of nitrogens with zero attached hydrogens (tertiary/aromatic N) is 4. The molecule has 0 fully saturated rings. The minimum absolute atomic E-state index is 0.551. The lowest BCUT2D eigenvalue weighted by Crippen LogP contribution is -2.26.